The molecule has 1 saturated carbocycles. The Morgan fingerprint density at radius 3 is 2.48 bits per heavy atom. The van der Waals surface area contributed by atoms with Crippen molar-refractivity contribution >= 4 is 33.4 Å². The minimum absolute atomic E-state index is 0.0804. The van der Waals surface area contributed by atoms with Gasteiger partial charge in [0.15, 0.2) is 0 Å². The van der Waals surface area contributed by atoms with E-state index in [1.54, 1.807) is 37.3 Å². The highest BCUT2D eigenvalue weighted by molar-refractivity contribution is 9.10. The van der Waals surface area contributed by atoms with Crippen molar-refractivity contribution in [1.29, 1.82) is 0 Å². The zero-order chi connectivity index (χ0) is 20.6. The fourth-order valence-corrected chi connectivity index (χ4v) is 4.11. The third-order valence-electron chi connectivity index (χ3n) is 5.68. The van der Waals surface area contributed by atoms with Crippen molar-refractivity contribution in [3.8, 4) is 11.5 Å². The molecule has 1 unspecified atom stereocenters. The van der Waals surface area contributed by atoms with Crippen LogP contribution in [0.4, 0.5) is 5.69 Å². The third kappa shape index (κ3) is 3.83. The first-order valence-corrected chi connectivity index (χ1v) is 10.4. The summed E-state index contributed by atoms with van der Waals surface area (Å²) in [6.07, 6.45) is 2.01. The Morgan fingerprint density at radius 1 is 1.14 bits per heavy atom. The first-order valence-electron chi connectivity index (χ1n) is 9.56. The second-order valence-electron chi connectivity index (χ2n) is 7.52. The Kier molecular flexibility index (Phi) is 5.25. The number of rotatable bonds is 6. The number of anilines is 1. The van der Waals surface area contributed by atoms with Crippen LogP contribution in [-0.4, -0.2) is 32.6 Å². The lowest BCUT2D eigenvalue weighted by Crippen LogP contribution is -2.40. The summed E-state index contributed by atoms with van der Waals surface area (Å²) in [5.74, 6) is 0.641. The van der Waals surface area contributed by atoms with Gasteiger partial charge in [0, 0.05) is 23.5 Å². The Morgan fingerprint density at radius 2 is 1.86 bits per heavy atom. The van der Waals surface area contributed by atoms with Crippen molar-refractivity contribution in [2.75, 3.05) is 25.7 Å². The van der Waals surface area contributed by atoms with Crippen molar-refractivity contribution in [3.05, 3.63) is 52.5 Å². The van der Waals surface area contributed by atoms with Gasteiger partial charge in [0.05, 0.1) is 31.4 Å². The van der Waals surface area contributed by atoms with Gasteiger partial charge in [0.25, 0.3) is 0 Å². The van der Waals surface area contributed by atoms with Gasteiger partial charge in [-0.3, -0.25) is 9.59 Å². The maximum absolute atomic E-state index is 13.0. The summed E-state index contributed by atoms with van der Waals surface area (Å²) in [6, 6.07) is 13.3. The molecule has 1 N–H and O–H groups in total. The summed E-state index contributed by atoms with van der Waals surface area (Å²) in [7, 11) is 3.13. The molecule has 1 heterocycles. The largest absolute Gasteiger partial charge is 0.497 e. The van der Waals surface area contributed by atoms with Gasteiger partial charge in [-0.1, -0.05) is 28.1 Å². The van der Waals surface area contributed by atoms with Crippen LogP contribution >= 0.6 is 15.9 Å². The second kappa shape index (κ2) is 7.71. The minimum atomic E-state index is -0.397. The number of carbonyl (C=O) groups is 2. The van der Waals surface area contributed by atoms with Crippen molar-refractivity contribution in [3.63, 3.8) is 0 Å². The van der Waals surface area contributed by atoms with Gasteiger partial charge >= 0.3 is 0 Å². The molecule has 1 atom stereocenters. The Labute approximate surface area is 178 Å². The number of amides is 2. The molecule has 0 spiro atoms. The van der Waals surface area contributed by atoms with E-state index >= 15 is 0 Å². The molecular weight excluding hydrogens is 436 g/mol. The molecule has 2 fully saturated rings. The summed E-state index contributed by atoms with van der Waals surface area (Å²) in [4.78, 5) is 27.3. The fourth-order valence-electron chi connectivity index (χ4n) is 3.84. The molecule has 2 amide bonds. The van der Waals surface area contributed by atoms with Gasteiger partial charge in [0.1, 0.15) is 11.5 Å². The van der Waals surface area contributed by atoms with Crippen molar-refractivity contribution < 1.29 is 19.1 Å². The van der Waals surface area contributed by atoms with E-state index in [2.05, 4.69) is 21.2 Å². The minimum Gasteiger partial charge on any atom is -0.497 e. The molecule has 2 aromatic rings. The van der Waals surface area contributed by atoms with E-state index in [9.17, 15) is 9.59 Å². The zero-order valence-electron chi connectivity index (χ0n) is 16.4. The zero-order valence-corrected chi connectivity index (χ0v) is 18.0. The molecule has 2 aliphatic rings. The van der Waals surface area contributed by atoms with Crippen LogP contribution < -0.4 is 19.7 Å². The quantitative estimate of drug-likeness (QED) is 0.717. The van der Waals surface area contributed by atoms with Crippen LogP contribution in [-0.2, 0) is 15.1 Å². The number of nitrogens with zero attached hydrogens (tertiary/aromatic N) is 1. The van der Waals surface area contributed by atoms with Crippen LogP contribution in [0.2, 0.25) is 0 Å². The molecule has 1 saturated heterocycles. The summed E-state index contributed by atoms with van der Waals surface area (Å²) in [5.41, 5.74) is 1.42. The Balaban J connectivity index is 1.50. The number of methoxy groups -OCH3 is 2. The average molecular weight is 459 g/mol. The van der Waals surface area contributed by atoms with E-state index < -0.39 is 5.92 Å². The van der Waals surface area contributed by atoms with Gasteiger partial charge in [0.2, 0.25) is 11.8 Å². The number of benzene rings is 2. The van der Waals surface area contributed by atoms with Gasteiger partial charge in [-0.05, 0) is 42.7 Å². The molecule has 1 aliphatic carbocycles. The molecule has 7 heteroatoms. The summed E-state index contributed by atoms with van der Waals surface area (Å²) < 4.78 is 11.7. The number of hydrogen-bond acceptors (Lipinski definition) is 4. The highest BCUT2D eigenvalue weighted by Crippen LogP contribution is 2.46. The van der Waals surface area contributed by atoms with Crippen LogP contribution in [0.3, 0.4) is 0 Å². The lowest BCUT2D eigenvalue weighted by molar-refractivity contribution is -0.127. The van der Waals surface area contributed by atoms with Crippen LogP contribution in [0.15, 0.2) is 46.9 Å². The maximum atomic E-state index is 13.0. The molecular formula is C22H23BrN2O4. The Hall–Kier alpha value is -2.54. The second-order valence-corrected chi connectivity index (χ2v) is 8.44. The molecule has 0 radical (unpaired) electrons. The standard InChI is InChI=1S/C22H23BrN2O4/c1-28-17-7-8-19(29-2)18(12-17)25-13-14(11-20(25)26)21(27)24-22(9-10-22)15-3-5-16(23)6-4-15/h3-8,12,14H,9-11,13H2,1-2H3,(H,24,27). The van der Waals surface area contributed by atoms with Crippen molar-refractivity contribution in [1.82, 2.24) is 5.32 Å². The summed E-state index contributed by atoms with van der Waals surface area (Å²) >= 11 is 3.45. The van der Waals surface area contributed by atoms with Gasteiger partial charge in [-0.25, -0.2) is 0 Å². The molecule has 6 nitrogen and oxygen atoms in total. The molecule has 0 aromatic heterocycles. The first-order chi connectivity index (χ1) is 14.0. The average Bonchev–Trinajstić information content (AvgIpc) is 3.40. The lowest BCUT2D eigenvalue weighted by Gasteiger charge is -2.22. The highest BCUT2D eigenvalue weighted by atomic mass is 79.9. The molecule has 1 aliphatic heterocycles. The molecule has 0 bridgehead atoms. The maximum Gasteiger partial charge on any atom is 0.227 e. The third-order valence-corrected chi connectivity index (χ3v) is 6.21. The molecule has 4 rings (SSSR count). The molecule has 2 aromatic carbocycles. The van der Waals surface area contributed by atoms with E-state index in [-0.39, 0.29) is 23.8 Å². The summed E-state index contributed by atoms with van der Waals surface area (Å²) in [6.45, 7) is 0.324. The van der Waals surface area contributed by atoms with Crippen LogP contribution in [0.25, 0.3) is 0 Å². The SMILES string of the molecule is COc1ccc(OC)c(N2CC(C(=O)NC3(c4ccc(Br)cc4)CC3)CC2=O)c1. The van der Waals surface area contributed by atoms with E-state index in [4.69, 9.17) is 9.47 Å². The number of halogens is 1. The molecule has 29 heavy (non-hydrogen) atoms. The van der Waals surface area contributed by atoms with Gasteiger partial charge in [-0.15, -0.1) is 0 Å². The van der Waals surface area contributed by atoms with E-state index in [1.807, 2.05) is 24.3 Å². The predicted molar refractivity (Wildman–Crippen MR) is 113 cm³/mol. The molecule has 152 valence electrons. The normalized spacial score (nSPS) is 19.8. The number of carbonyl (C=O) groups excluding carboxylic acids is 2. The number of ether oxygens (including phenoxy) is 2. The lowest BCUT2D eigenvalue weighted by atomic mass is 10.0. The van der Waals surface area contributed by atoms with E-state index in [0.29, 0.717) is 23.7 Å². The summed E-state index contributed by atoms with van der Waals surface area (Å²) in [5, 5.41) is 3.20. The predicted octanol–water partition coefficient (Wildman–Crippen LogP) is 3.62. The van der Waals surface area contributed by atoms with Gasteiger partial charge in [-0.2, -0.15) is 0 Å². The highest BCUT2D eigenvalue weighted by Gasteiger charge is 2.47. The topological polar surface area (TPSA) is 67.9 Å². The van der Waals surface area contributed by atoms with Crippen LogP contribution in [0, 0.1) is 5.92 Å². The smallest absolute Gasteiger partial charge is 0.227 e. The monoisotopic (exact) mass is 458 g/mol. The van der Waals surface area contributed by atoms with Crippen LogP contribution in [0.5, 0.6) is 11.5 Å². The van der Waals surface area contributed by atoms with Crippen molar-refractivity contribution in [2.24, 2.45) is 5.92 Å². The number of nitrogens with one attached hydrogen (secondary N) is 1. The van der Waals surface area contributed by atoms with Crippen molar-refractivity contribution in [2.45, 2.75) is 24.8 Å². The Bertz CT molecular complexity index is 940. The fraction of sp³-hybridized carbons (Fsp3) is 0.364. The van der Waals surface area contributed by atoms with E-state index in [1.165, 1.54) is 0 Å². The number of hydrogen-bond donors (Lipinski definition) is 1. The van der Waals surface area contributed by atoms with Gasteiger partial charge < -0.3 is 19.7 Å². The van der Waals surface area contributed by atoms with Crippen LogP contribution in [0.1, 0.15) is 24.8 Å². The van der Waals surface area contributed by atoms with E-state index in [0.717, 1.165) is 22.9 Å². The first kappa shape index (κ1) is 19.8.